The van der Waals surface area contributed by atoms with Gasteiger partial charge in [-0.3, -0.25) is 0 Å². The largest absolute Gasteiger partial charge is 0.462 e. The summed E-state index contributed by atoms with van der Waals surface area (Å²) in [5.41, 5.74) is 3.33. The van der Waals surface area contributed by atoms with Crippen LogP contribution in [-0.4, -0.2) is 30.6 Å². The van der Waals surface area contributed by atoms with E-state index in [1.807, 2.05) is 6.92 Å². The second-order valence-electron chi connectivity index (χ2n) is 5.35. The van der Waals surface area contributed by atoms with Gasteiger partial charge >= 0.3 is 5.97 Å². The minimum absolute atomic E-state index is 0.299. The van der Waals surface area contributed by atoms with Crippen LogP contribution in [0.25, 0.3) is 0 Å². The summed E-state index contributed by atoms with van der Waals surface area (Å²) in [5, 5.41) is 0. The zero-order valence-corrected chi connectivity index (χ0v) is 12.8. The minimum atomic E-state index is -0.299. The third-order valence-corrected chi connectivity index (χ3v) is 4.00. The quantitative estimate of drug-likeness (QED) is 0.817. The third kappa shape index (κ3) is 2.96. The number of aromatic nitrogens is 1. The van der Waals surface area contributed by atoms with Crippen LogP contribution in [-0.2, 0) is 17.6 Å². The Labute approximate surface area is 130 Å². The highest BCUT2D eigenvalue weighted by Crippen LogP contribution is 2.23. The Balaban J connectivity index is 1.85. The van der Waals surface area contributed by atoms with Crippen LogP contribution in [0, 0.1) is 0 Å². The highest BCUT2D eigenvalue weighted by molar-refractivity contribution is 5.94. The molecule has 3 rings (SSSR count). The summed E-state index contributed by atoms with van der Waals surface area (Å²) in [4.78, 5) is 18.7. The second kappa shape index (κ2) is 6.60. The molecule has 0 aliphatic carbocycles. The molecule has 1 aliphatic rings. The van der Waals surface area contributed by atoms with Crippen LogP contribution in [0.1, 0.15) is 28.4 Å². The van der Waals surface area contributed by atoms with Gasteiger partial charge in [0.25, 0.3) is 0 Å². The van der Waals surface area contributed by atoms with E-state index in [-0.39, 0.29) is 5.97 Å². The van der Waals surface area contributed by atoms with E-state index in [1.54, 1.807) is 18.3 Å². The van der Waals surface area contributed by atoms with Gasteiger partial charge in [0.15, 0.2) is 0 Å². The molecule has 0 fully saturated rings. The van der Waals surface area contributed by atoms with Gasteiger partial charge in [-0.25, -0.2) is 9.78 Å². The SMILES string of the molecule is CCOC(=O)c1cccnc1N1CCc2ccccc2CC1. The number of anilines is 1. The first-order chi connectivity index (χ1) is 10.8. The average Bonchev–Trinajstić information content (AvgIpc) is 2.78. The average molecular weight is 296 g/mol. The van der Waals surface area contributed by atoms with Gasteiger partial charge in [0.1, 0.15) is 11.4 Å². The summed E-state index contributed by atoms with van der Waals surface area (Å²) in [6, 6.07) is 12.1. The summed E-state index contributed by atoms with van der Waals surface area (Å²) in [6.07, 6.45) is 3.67. The summed E-state index contributed by atoms with van der Waals surface area (Å²) in [5.74, 6) is 0.432. The lowest BCUT2D eigenvalue weighted by Crippen LogP contribution is -2.29. The number of nitrogens with zero attached hydrogens (tertiary/aromatic N) is 2. The van der Waals surface area contributed by atoms with Crippen molar-refractivity contribution in [3.63, 3.8) is 0 Å². The topological polar surface area (TPSA) is 42.4 Å². The zero-order valence-electron chi connectivity index (χ0n) is 12.8. The van der Waals surface area contributed by atoms with Gasteiger partial charge in [-0.2, -0.15) is 0 Å². The Kier molecular flexibility index (Phi) is 4.37. The van der Waals surface area contributed by atoms with E-state index in [1.165, 1.54) is 11.1 Å². The number of carbonyl (C=O) groups excluding carboxylic acids is 1. The molecule has 0 bridgehead atoms. The number of ether oxygens (including phenoxy) is 1. The number of fused-ring (bicyclic) bond motifs is 1. The molecule has 0 N–H and O–H groups in total. The maximum absolute atomic E-state index is 12.1. The Hall–Kier alpha value is -2.36. The van der Waals surface area contributed by atoms with Crippen LogP contribution >= 0.6 is 0 Å². The molecule has 0 saturated carbocycles. The van der Waals surface area contributed by atoms with Gasteiger partial charge in [-0.05, 0) is 43.0 Å². The summed E-state index contributed by atoms with van der Waals surface area (Å²) in [7, 11) is 0. The lowest BCUT2D eigenvalue weighted by atomic mass is 10.0. The standard InChI is InChI=1S/C18H20N2O2/c1-2-22-18(21)16-8-5-11-19-17(16)20-12-9-14-6-3-4-7-15(14)10-13-20/h3-8,11H,2,9-10,12-13H2,1H3. The number of benzene rings is 1. The fourth-order valence-electron chi connectivity index (χ4n) is 2.90. The van der Waals surface area contributed by atoms with E-state index in [9.17, 15) is 4.79 Å². The molecule has 0 unspecified atom stereocenters. The normalized spacial score (nSPS) is 14.1. The van der Waals surface area contributed by atoms with Crippen molar-refractivity contribution in [2.75, 3.05) is 24.6 Å². The van der Waals surface area contributed by atoms with Crippen molar-refractivity contribution in [2.45, 2.75) is 19.8 Å². The van der Waals surface area contributed by atoms with E-state index in [2.05, 4.69) is 34.1 Å². The Morgan fingerprint density at radius 3 is 2.45 bits per heavy atom. The van der Waals surface area contributed by atoms with Crippen molar-refractivity contribution in [3.05, 3.63) is 59.3 Å². The monoisotopic (exact) mass is 296 g/mol. The first kappa shape index (κ1) is 14.6. The molecule has 2 heterocycles. The number of pyridine rings is 1. The number of rotatable bonds is 3. The lowest BCUT2D eigenvalue weighted by Gasteiger charge is -2.23. The van der Waals surface area contributed by atoms with E-state index in [0.29, 0.717) is 12.2 Å². The van der Waals surface area contributed by atoms with E-state index >= 15 is 0 Å². The van der Waals surface area contributed by atoms with E-state index in [4.69, 9.17) is 4.74 Å². The highest BCUT2D eigenvalue weighted by atomic mass is 16.5. The van der Waals surface area contributed by atoms with Gasteiger partial charge in [0, 0.05) is 19.3 Å². The number of hydrogen-bond donors (Lipinski definition) is 0. The predicted octanol–water partition coefficient (Wildman–Crippen LogP) is 2.86. The van der Waals surface area contributed by atoms with Crippen LogP contribution in [0.15, 0.2) is 42.6 Å². The van der Waals surface area contributed by atoms with Gasteiger partial charge in [0.2, 0.25) is 0 Å². The molecular formula is C18H20N2O2. The molecule has 0 saturated heterocycles. The fraction of sp³-hybridized carbons (Fsp3) is 0.333. The molecule has 0 atom stereocenters. The van der Waals surface area contributed by atoms with Crippen LogP contribution in [0.3, 0.4) is 0 Å². The molecule has 22 heavy (non-hydrogen) atoms. The molecule has 2 aromatic rings. The maximum Gasteiger partial charge on any atom is 0.341 e. The molecule has 0 spiro atoms. The number of hydrogen-bond acceptors (Lipinski definition) is 4. The van der Waals surface area contributed by atoms with Gasteiger partial charge in [0.05, 0.1) is 6.61 Å². The summed E-state index contributed by atoms with van der Waals surface area (Å²) >= 11 is 0. The van der Waals surface area contributed by atoms with Gasteiger partial charge in [-0.15, -0.1) is 0 Å². The molecule has 0 amide bonds. The smallest absolute Gasteiger partial charge is 0.341 e. The van der Waals surface area contributed by atoms with Crippen molar-refractivity contribution in [1.29, 1.82) is 0 Å². The van der Waals surface area contributed by atoms with Crippen molar-refractivity contribution in [2.24, 2.45) is 0 Å². The Bertz CT molecular complexity index is 643. The molecular weight excluding hydrogens is 276 g/mol. The lowest BCUT2D eigenvalue weighted by molar-refractivity contribution is 0.0526. The molecule has 1 aliphatic heterocycles. The van der Waals surface area contributed by atoms with Crippen molar-refractivity contribution >= 4 is 11.8 Å². The molecule has 114 valence electrons. The van der Waals surface area contributed by atoms with Crippen molar-refractivity contribution in [3.8, 4) is 0 Å². The van der Waals surface area contributed by atoms with Crippen molar-refractivity contribution in [1.82, 2.24) is 4.98 Å². The molecule has 4 nitrogen and oxygen atoms in total. The van der Waals surface area contributed by atoms with Crippen LogP contribution in [0.5, 0.6) is 0 Å². The number of esters is 1. The van der Waals surface area contributed by atoms with Crippen LogP contribution in [0.4, 0.5) is 5.82 Å². The molecule has 1 aromatic carbocycles. The first-order valence-corrected chi connectivity index (χ1v) is 7.73. The van der Waals surface area contributed by atoms with E-state index in [0.717, 1.165) is 31.7 Å². The predicted molar refractivity (Wildman–Crippen MR) is 86.3 cm³/mol. The molecule has 0 radical (unpaired) electrons. The first-order valence-electron chi connectivity index (χ1n) is 7.73. The highest BCUT2D eigenvalue weighted by Gasteiger charge is 2.21. The van der Waals surface area contributed by atoms with Crippen LogP contribution < -0.4 is 4.90 Å². The molecule has 1 aromatic heterocycles. The second-order valence-corrected chi connectivity index (χ2v) is 5.35. The fourth-order valence-corrected chi connectivity index (χ4v) is 2.90. The van der Waals surface area contributed by atoms with Gasteiger partial charge < -0.3 is 9.64 Å². The maximum atomic E-state index is 12.1. The Morgan fingerprint density at radius 2 is 1.82 bits per heavy atom. The van der Waals surface area contributed by atoms with Crippen molar-refractivity contribution < 1.29 is 9.53 Å². The molecule has 4 heteroatoms. The minimum Gasteiger partial charge on any atom is -0.462 e. The Morgan fingerprint density at radius 1 is 1.14 bits per heavy atom. The third-order valence-electron chi connectivity index (χ3n) is 4.00. The van der Waals surface area contributed by atoms with Crippen LogP contribution in [0.2, 0.25) is 0 Å². The van der Waals surface area contributed by atoms with Gasteiger partial charge in [-0.1, -0.05) is 24.3 Å². The van der Waals surface area contributed by atoms with E-state index < -0.39 is 0 Å². The summed E-state index contributed by atoms with van der Waals surface area (Å²) < 4.78 is 5.15. The zero-order chi connectivity index (χ0) is 15.4. The summed E-state index contributed by atoms with van der Waals surface area (Å²) in [6.45, 7) is 3.91. The number of carbonyl (C=O) groups is 1.